The Morgan fingerprint density at radius 1 is 0.303 bits per heavy atom. The minimum absolute atomic E-state index is 0.140. The lowest BCUT2D eigenvalue weighted by molar-refractivity contribution is -0.870. The fourth-order valence-electron chi connectivity index (χ4n) is 10.7. The number of allylic oxidation sites excluding steroid dienone is 30. The van der Waals surface area contributed by atoms with Crippen LogP contribution in [-0.2, 0) is 33.3 Å². The Labute approximate surface area is 609 Å². The van der Waals surface area contributed by atoms with Crippen LogP contribution in [0.2, 0.25) is 0 Å². The fraction of sp³-hybridized carbons (Fsp3) is 0.633. The predicted octanol–water partition coefficient (Wildman–Crippen LogP) is 24.6. The molecular weight excluding hydrogens is 1220 g/mol. The van der Waals surface area contributed by atoms with Crippen LogP contribution in [0.15, 0.2) is 182 Å². The quantitative estimate of drug-likeness (QED) is 0.0195. The zero-order valence-corrected chi connectivity index (χ0v) is 64.0. The minimum Gasteiger partial charge on any atom is -0.545 e. The van der Waals surface area contributed by atoms with Gasteiger partial charge in [-0.25, -0.2) is 0 Å². The summed E-state index contributed by atoms with van der Waals surface area (Å²) in [5.41, 5.74) is 0. The molecule has 0 fully saturated rings. The first kappa shape index (κ1) is 93.4. The van der Waals surface area contributed by atoms with Crippen molar-refractivity contribution < 1.29 is 42.9 Å². The largest absolute Gasteiger partial charge is 0.545 e. The van der Waals surface area contributed by atoms with Gasteiger partial charge in [-0.1, -0.05) is 344 Å². The molecule has 0 radical (unpaired) electrons. The summed E-state index contributed by atoms with van der Waals surface area (Å²) in [4.78, 5) is 37.6. The Hall–Kier alpha value is -5.61. The number of carboxylic acid groups (broad SMARTS) is 1. The number of carboxylic acids is 1. The highest BCUT2D eigenvalue weighted by atomic mass is 16.7. The second-order valence-corrected chi connectivity index (χ2v) is 27.2. The molecular formula is C90H147NO8. The van der Waals surface area contributed by atoms with E-state index in [1.165, 1.54) is 135 Å². The molecule has 0 aliphatic carbocycles. The molecule has 0 spiro atoms. The SMILES string of the molecule is CC/C=C\C/C=C\C/C=C\C/C=C\C/C=C\C/C=C\C/C=C\C/C=C\C/C=C\C/C=C\CCCCCCCCCCCCC(=O)OC(COC(=O)CCCCCCCCCCCCCCCCCCC/C=C\C/C=C\C/C=C\C/C=C\C/C=C\CC)COC(OCC[N+](C)(C)C)C(=O)[O-]. The van der Waals surface area contributed by atoms with Crippen LogP contribution in [0.5, 0.6) is 0 Å². The number of rotatable bonds is 72. The summed E-state index contributed by atoms with van der Waals surface area (Å²) in [6, 6.07) is 0. The molecule has 0 aliphatic heterocycles. The monoisotopic (exact) mass is 1370 g/mol. The molecule has 0 rings (SSSR count). The molecule has 2 atom stereocenters. The first-order chi connectivity index (χ1) is 48.6. The number of aliphatic carboxylic acids is 1. The highest BCUT2D eigenvalue weighted by Crippen LogP contribution is 2.17. The standard InChI is InChI=1S/C90H147NO8/c1-6-8-10-12-14-16-18-20-22-24-26-28-30-32-34-36-38-40-41-42-43-44-45-46-47-49-51-53-55-57-59-61-63-65-67-69-71-73-75-77-79-81-88(93)99-86(85-98-90(89(94)95)96-83-82-91(3,4)5)84-97-87(92)80-78-76-74-72-70-68-66-64-62-60-58-56-54-52-50-48-39-37-35-33-31-29-27-25-23-21-19-17-15-13-11-9-7-2/h8-11,14-17,20-23,26-29,32-35,38,40,42-43,45-46,49,51,55,57,86,90H,6-7,12-13,18-19,24-25,30-31,36-37,39,41,44,47-48,50,52-54,56,58-85H2,1-5H3/b10-8-,11-9-,16-14-,17-15-,22-20-,23-21-,28-26-,29-27-,34-32-,35-33-,40-38-,43-42-,46-45-,51-49-,57-55-. The average molecular weight is 1370 g/mol. The Balaban J connectivity index is 4.10. The van der Waals surface area contributed by atoms with Crippen molar-refractivity contribution in [3.63, 3.8) is 0 Å². The first-order valence-electron chi connectivity index (χ1n) is 39.9. The van der Waals surface area contributed by atoms with Crippen molar-refractivity contribution in [2.45, 2.75) is 322 Å². The van der Waals surface area contributed by atoms with Crippen LogP contribution < -0.4 is 5.11 Å². The molecule has 0 aromatic carbocycles. The minimum atomic E-state index is -1.63. The lowest BCUT2D eigenvalue weighted by atomic mass is 10.0. The van der Waals surface area contributed by atoms with Gasteiger partial charge in [0.1, 0.15) is 13.2 Å². The van der Waals surface area contributed by atoms with Crippen LogP contribution in [-0.4, -0.2) is 82.3 Å². The molecule has 0 saturated carbocycles. The number of quaternary nitrogens is 1. The van der Waals surface area contributed by atoms with Crippen LogP contribution in [0.3, 0.4) is 0 Å². The van der Waals surface area contributed by atoms with Crippen LogP contribution >= 0.6 is 0 Å². The molecule has 2 unspecified atom stereocenters. The van der Waals surface area contributed by atoms with E-state index in [1.807, 2.05) is 21.1 Å². The van der Waals surface area contributed by atoms with Gasteiger partial charge in [-0.15, -0.1) is 0 Å². The van der Waals surface area contributed by atoms with Crippen molar-refractivity contribution in [3.05, 3.63) is 182 Å². The Bertz CT molecular complexity index is 2290. The van der Waals surface area contributed by atoms with Crippen LogP contribution in [0.25, 0.3) is 0 Å². The molecule has 0 N–H and O–H groups in total. The lowest BCUT2D eigenvalue weighted by Crippen LogP contribution is -2.44. The molecule has 0 amide bonds. The van der Waals surface area contributed by atoms with Gasteiger partial charge in [0.05, 0.1) is 40.3 Å². The number of carbonyl (C=O) groups is 3. The van der Waals surface area contributed by atoms with Gasteiger partial charge in [0.2, 0.25) is 0 Å². The highest BCUT2D eigenvalue weighted by molar-refractivity contribution is 5.70. The summed E-state index contributed by atoms with van der Waals surface area (Å²) < 4.78 is 22.9. The van der Waals surface area contributed by atoms with Gasteiger partial charge in [-0.05, 0) is 135 Å². The van der Waals surface area contributed by atoms with Crippen molar-refractivity contribution in [1.29, 1.82) is 0 Å². The second kappa shape index (κ2) is 78.1. The fourth-order valence-corrected chi connectivity index (χ4v) is 10.7. The number of hydrogen-bond acceptors (Lipinski definition) is 8. The van der Waals surface area contributed by atoms with Gasteiger partial charge >= 0.3 is 11.9 Å². The molecule has 0 aromatic heterocycles. The van der Waals surface area contributed by atoms with Crippen LogP contribution in [0.4, 0.5) is 0 Å². The molecule has 560 valence electrons. The number of unbranched alkanes of at least 4 members (excludes halogenated alkanes) is 27. The van der Waals surface area contributed by atoms with Crippen molar-refractivity contribution in [2.24, 2.45) is 0 Å². The van der Waals surface area contributed by atoms with Gasteiger partial charge < -0.3 is 33.3 Å². The van der Waals surface area contributed by atoms with Crippen LogP contribution in [0.1, 0.15) is 309 Å². The number of nitrogens with zero attached hydrogens (tertiary/aromatic N) is 1. The summed E-state index contributed by atoms with van der Waals surface area (Å²) >= 11 is 0. The molecule has 9 nitrogen and oxygen atoms in total. The molecule has 99 heavy (non-hydrogen) atoms. The topological polar surface area (TPSA) is 111 Å². The molecule has 9 heteroatoms. The summed E-state index contributed by atoms with van der Waals surface area (Å²) in [5, 5.41) is 11.9. The Kier molecular flexibility index (Phi) is 73.7. The van der Waals surface area contributed by atoms with E-state index in [2.05, 4.69) is 196 Å². The van der Waals surface area contributed by atoms with E-state index in [0.717, 1.165) is 141 Å². The summed E-state index contributed by atoms with van der Waals surface area (Å²) in [5.74, 6) is -2.29. The van der Waals surface area contributed by atoms with E-state index < -0.39 is 24.3 Å². The van der Waals surface area contributed by atoms with Gasteiger partial charge in [-0.2, -0.15) is 0 Å². The zero-order valence-electron chi connectivity index (χ0n) is 64.0. The van der Waals surface area contributed by atoms with E-state index >= 15 is 0 Å². The van der Waals surface area contributed by atoms with Gasteiger partial charge in [0.15, 0.2) is 12.4 Å². The van der Waals surface area contributed by atoms with Crippen molar-refractivity contribution in [2.75, 3.05) is 47.5 Å². The summed E-state index contributed by atoms with van der Waals surface area (Å²) in [6.07, 6.45) is 116. The maximum atomic E-state index is 13.0. The van der Waals surface area contributed by atoms with E-state index in [1.54, 1.807) is 0 Å². The first-order valence-corrected chi connectivity index (χ1v) is 39.9. The summed E-state index contributed by atoms with van der Waals surface area (Å²) in [7, 11) is 5.93. The molecule has 0 aliphatic rings. The summed E-state index contributed by atoms with van der Waals surface area (Å²) in [6.45, 7) is 4.52. The van der Waals surface area contributed by atoms with E-state index in [0.29, 0.717) is 17.4 Å². The van der Waals surface area contributed by atoms with Gasteiger partial charge in [0.25, 0.3) is 0 Å². The maximum absolute atomic E-state index is 13.0. The number of esters is 2. The molecule has 0 aromatic rings. The second-order valence-electron chi connectivity index (χ2n) is 27.2. The van der Waals surface area contributed by atoms with Crippen molar-refractivity contribution in [1.82, 2.24) is 0 Å². The zero-order chi connectivity index (χ0) is 71.8. The van der Waals surface area contributed by atoms with Gasteiger partial charge in [0, 0.05) is 12.8 Å². The van der Waals surface area contributed by atoms with Crippen molar-refractivity contribution >= 4 is 17.9 Å². The van der Waals surface area contributed by atoms with Crippen LogP contribution in [0, 0.1) is 0 Å². The van der Waals surface area contributed by atoms with E-state index in [-0.39, 0.29) is 38.6 Å². The Morgan fingerprint density at radius 3 is 0.808 bits per heavy atom. The van der Waals surface area contributed by atoms with Crippen molar-refractivity contribution in [3.8, 4) is 0 Å². The number of ether oxygens (including phenoxy) is 4. The normalized spacial score (nSPS) is 13.7. The number of hydrogen-bond donors (Lipinski definition) is 0. The molecule has 0 heterocycles. The lowest BCUT2D eigenvalue weighted by Gasteiger charge is -2.26. The smallest absolute Gasteiger partial charge is 0.306 e. The Morgan fingerprint density at radius 2 is 0.545 bits per heavy atom. The number of likely N-dealkylation sites (N-methyl/N-ethyl adjacent to an activating group) is 1. The predicted molar refractivity (Wildman–Crippen MR) is 425 cm³/mol. The number of carbonyl (C=O) groups excluding carboxylic acids is 3. The average Bonchev–Trinajstić information content (AvgIpc) is 2.62. The van der Waals surface area contributed by atoms with E-state index in [9.17, 15) is 19.5 Å². The maximum Gasteiger partial charge on any atom is 0.306 e. The van der Waals surface area contributed by atoms with Gasteiger partial charge in [-0.3, -0.25) is 9.59 Å². The third-order valence-electron chi connectivity index (χ3n) is 16.6. The van der Waals surface area contributed by atoms with E-state index in [4.69, 9.17) is 18.9 Å². The third kappa shape index (κ3) is 79.6. The third-order valence-corrected chi connectivity index (χ3v) is 16.6. The highest BCUT2D eigenvalue weighted by Gasteiger charge is 2.22. The molecule has 0 bridgehead atoms. The molecule has 0 saturated heterocycles.